The van der Waals surface area contributed by atoms with Crippen LogP contribution < -0.4 is 5.01 Å². The maximum absolute atomic E-state index is 12.4. The molecule has 0 fully saturated rings. The van der Waals surface area contributed by atoms with Crippen LogP contribution in [0.3, 0.4) is 0 Å². The van der Waals surface area contributed by atoms with Gasteiger partial charge in [0, 0.05) is 24.6 Å². The number of benzene rings is 2. The summed E-state index contributed by atoms with van der Waals surface area (Å²) >= 11 is 0. The molecule has 0 saturated carbocycles. The average Bonchev–Trinajstić information content (AvgIpc) is 3.04. The summed E-state index contributed by atoms with van der Waals surface area (Å²) in [6, 6.07) is 17.4. The Balaban J connectivity index is 1.83. The highest BCUT2D eigenvalue weighted by Crippen LogP contribution is 2.41. The normalized spacial score (nSPS) is 16.1. The molecule has 1 amide bonds. The maximum Gasteiger partial charge on any atom is 0.317 e. The summed E-state index contributed by atoms with van der Waals surface area (Å²) in [4.78, 5) is 24.8. The molecule has 1 aliphatic heterocycles. The van der Waals surface area contributed by atoms with E-state index in [2.05, 4.69) is 0 Å². The van der Waals surface area contributed by atoms with E-state index in [1.54, 1.807) is 12.1 Å². The number of nitrogens with zero attached hydrogens (tertiary/aromatic N) is 2. The molecule has 0 atom stereocenters. The third kappa shape index (κ3) is 1.64. The summed E-state index contributed by atoms with van der Waals surface area (Å²) in [5.74, 6) is -0.875. The SMILES string of the molecule is CN(c1ccccc1)N1C(=O)C(=O)C2=C1c1ccccc1C2. The van der Waals surface area contributed by atoms with E-state index in [1.165, 1.54) is 5.01 Å². The fraction of sp³-hybridized carbons (Fsp3) is 0.111. The minimum Gasteiger partial charge on any atom is -0.283 e. The summed E-state index contributed by atoms with van der Waals surface area (Å²) in [6.45, 7) is 0. The van der Waals surface area contributed by atoms with Gasteiger partial charge in [-0.2, -0.15) is 0 Å². The van der Waals surface area contributed by atoms with Gasteiger partial charge >= 0.3 is 5.91 Å². The van der Waals surface area contributed by atoms with Crippen molar-refractivity contribution in [1.82, 2.24) is 5.01 Å². The Labute approximate surface area is 128 Å². The smallest absolute Gasteiger partial charge is 0.283 e. The lowest BCUT2D eigenvalue weighted by molar-refractivity contribution is -0.139. The molecule has 0 aromatic heterocycles. The van der Waals surface area contributed by atoms with E-state index in [-0.39, 0.29) is 0 Å². The summed E-state index contributed by atoms with van der Waals surface area (Å²) in [5.41, 5.74) is 4.27. The zero-order valence-corrected chi connectivity index (χ0v) is 12.1. The van der Waals surface area contributed by atoms with Crippen LogP contribution in [0.2, 0.25) is 0 Å². The zero-order chi connectivity index (χ0) is 15.3. The Morgan fingerprint density at radius 2 is 1.64 bits per heavy atom. The third-order valence-electron chi connectivity index (χ3n) is 4.23. The highest BCUT2D eigenvalue weighted by molar-refractivity contribution is 6.49. The minimum atomic E-state index is -0.481. The molecule has 2 aromatic rings. The van der Waals surface area contributed by atoms with Crippen LogP contribution in [-0.4, -0.2) is 23.7 Å². The van der Waals surface area contributed by atoms with Gasteiger partial charge in [0.1, 0.15) is 0 Å². The number of fused-ring (bicyclic) bond motifs is 2. The van der Waals surface area contributed by atoms with Crippen molar-refractivity contribution in [2.24, 2.45) is 0 Å². The quantitative estimate of drug-likeness (QED) is 0.798. The molecular formula is C18H14N2O2. The number of amides is 1. The van der Waals surface area contributed by atoms with Crippen molar-refractivity contribution < 1.29 is 9.59 Å². The predicted molar refractivity (Wildman–Crippen MR) is 83.8 cm³/mol. The van der Waals surface area contributed by atoms with Crippen LogP contribution in [0.1, 0.15) is 11.1 Å². The first-order valence-electron chi connectivity index (χ1n) is 7.17. The second-order valence-corrected chi connectivity index (χ2v) is 5.47. The first-order valence-corrected chi connectivity index (χ1v) is 7.17. The number of hydrazine groups is 1. The molecule has 0 spiro atoms. The molecule has 0 saturated heterocycles. The first-order chi connectivity index (χ1) is 10.7. The lowest BCUT2D eigenvalue weighted by atomic mass is 10.1. The van der Waals surface area contributed by atoms with Crippen LogP contribution in [0.25, 0.3) is 5.70 Å². The number of carbonyl (C=O) groups is 2. The first kappa shape index (κ1) is 12.8. The summed E-state index contributed by atoms with van der Waals surface area (Å²) in [7, 11) is 1.80. The second kappa shape index (κ2) is 4.56. The molecule has 0 N–H and O–H groups in total. The van der Waals surface area contributed by atoms with Gasteiger partial charge in [-0.15, -0.1) is 0 Å². The summed E-state index contributed by atoms with van der Waals surface area (Å²) < 4.78 is 0. The Morgan fingerprint density at radius 1 is 0.955 bits per heavy atom. The Kier molecular flexibility index (Phi) is 2.66. The number of hydrogen-bond donors (Lipinski definition) is 0. The number of rotatable bonds is 2. The Morgan fingerprint density at radius 3 is 2.41 bits per heavy atom. The van der Waals surface area contributed by atoms with Crippen LogP contribution in [0.5, 0.6) is 0 Å². The molecule has 22 heavy (non-hydrogen) atoms. The largest absolute Gasteiger partial charge is 0.317 e. The van der Waals surface area contributed by atoms with E-state index >= 15 is 0 Å². The van der Waals surface area contributed by atoms with Crippen molar-refractivity contribution in [2.45, 2.75) is 6.42 Å². The van der Waals surface area contributed by atoms with Gasteiger partial charge < -0.3 is 0 Å². The van der Waals surface area contributed by atoms with Crippen LogP contribution in [0, 0.1) is 0 Å². The van der Waals surface area contributed by atoms with E-state index in [9.17, 15) is 9.59 Å². The Bertz CT molecular complexity index is 824. The maximum atomic E-state index is 12.4. The topological polar surface area (TPSA) is 40.6 Å². The van der Waals surface area contributed by atoms with Crippen molar-refractivity contribution in [2.75, 3.05) is 12.1 Å². The van der Waals surface area contributed by atoms with Crippen molar-refractivity contribution in [3.05, 3.63) is 71.3 Å². The van der Waals surface area contributed by atoms with E-state index in [1.807, 2.05) is 54.6 Å². The average molecular weight is 290 g/mol. The van der Waals surface area contributed by atoms with Gasteiger partial charge in [-0.1, -0.05) is 42.5 Å². The fourth-order valence-electron chi connectivity index (χ4n) is 3.14. The number of ketones is 1. The molecule has 2 aliphatic rings. The Hall–Kier alpha value is -2.88. The van der Waals surface area contributed by atoms with Gasteiger partial charge in [-0.25, -0.2) is 5.01 Å². The van der Waals surface area contributed by atoms with Crippen LogP contribution in [0.4, 0.5) is 5.69 Å². The molecule has 0 bridgehead atoms. The molecule has 0 unspecified atom stereocenters. The molecule has 1 heterocycles. The summed E-state index contributed by atoms with van der Waals surface area (Å²) in [6.07, 6.45) is 0.537. The number of Topliss-reactive ketones (excluding diaryl/α,β-unsaturated/α-hetero) is 1. The van der Waals surface area contributed by atoms with Crippen LogP contribution in [-0.2, 0) is 16.0 Å². The summed E-state index contributed by atoms with van der Waals surface area (Å²) in [5, 5.41) is 3.24. The predicted octanol–water partition coefficient (Wildman–Crippen LogP) is 2.42. The van der Waals surface area contributed by atoms with E-state index in [0.29, 0.717) is 12.0 Å². The third-order valence-corrected chi connectivity index (χ3v) is 4.23. The minimum absolute atomic E-state index is 0.394. The molecule has 4 nitrogen and oxygen atoms in total. The van der Waals surface area contributed by atoms with Crippen molar-refractivity contribution in [1.29, 1.82) is 0 Å². The van der Waals surface area contributed by atoms with E-state index in [4.69, 9.17) is 0 Å². The van der Waals surface area contributed by atoms with E-state index < -0.39 is 11.7 Å². The van der Waals surface area contributed by atoms with Gasteiger partial charge in [0.15, 0.2) is 0 Å². The molecule has 1 aliphatic carbocycles. The number of para-hydroxylation sites is 1. The molecule has 0 radical (unpaired) electrons. The standard InChI is InChI=1S/C18H14N2O2/c1-19(13-8-3-2-4-9-13)20-16-14-10-6-5-7-12(14)11-15(16)17(21)18(20)22/h2-10H,11H2,1H3. The van der Waals surface area contributed by atoms with Gasteiger partial charge in [-0.3, -0.25) is 14.6 Å². The lowest BCUT2D eigenvalue weighted by Crippen LogP contribution is -2.42. The van der Waals surface area contributed by atoms with Crippen LogP contribution in [0.15, 0.2) is 60.2 Å². The molecule has 4 rings (SSSR count). The van der Waals surface area contributed by atoms with Gasteiger partial charge in [-0.05, 0) is 17.7 Å². The second-order valence-electron chi connectivity index (χ2n) is 5.47. The highest BCUT2D eigenvalue weighted by atomic mass is 16.2. The monoisotopic (exact) mass is 290 g/mol. The lowest BCUT2D eigenvalue weighted by Gasteiger charge is -2.31. The van der Waals surface area contributed by atoms with Gasteiger partial charge in [0.2, 0.25) is 0 Å². The molecule has 2 aromatic carbocycles. The van der Waals surface area contributed by atoms with E-state index in [0.717, 1.165) is 22.5 Å². The van der Waals surface area contributed by atoms with Crippen molar-refractivity contribution in [3.63, 3.8) is 0 Å². The van der Waals surface area contributed by atoms with Gasteiger partial charge in [0.25, 0.3) is 5.78 Å². The zero-order valence-electron chi connectivity index (χ0n) is 12.1. The van der Waals surface area contributed by atoms with Crippen LogP contribution >= 0.6 is 0 Å². The number of carbonyl (C=O) groups excluding carboxylic acids is 2. The number of hydrogen-bond acceptors (Lipinski definition) is 3. The molecular weight excluding hydrogens is 276 g/mol. The van der Waals surface area contributed by atoms with Gasteiger partial charge in [0.05, 0.1) is 11.4 Å². The number of anilines is 1. The fourth-order valence-corrected chi connectivity index (χ4v) is 3.14. The van der Waals surface area contributed by atoms with Crippen molar-refractivity contribution in [3.8, 4) is 0 Å². The molecule has 4 heteroatoms. The van der Waals surface area contributed by atoms with Crippen molar-refractivity contribution >= 4 is 23.1 Å². The molecule has 108 valence electrons. The highest BCUT2D eigenvalue weighted by Gasteiger charge is 2.44.